The Morgan fingerprint density at radius 3 is 1.93 bits per heavy atom. The van der Waals surface area contributed by atoms with Crippen molar-refractivity contribution in [1.82, 2.24) is 0 Å². The molecule has 0 saturated carbocycles. The van der Waals surface area contributed by atoms with Crippen LogP contribution in [0.1, 0.15) is 101 Å². The summed E-state index contributed by atoms with van der Waals surface area (Å²) >= 11 is -2.43. The molecule has 0 N–H and O–H groups in total. The van der Waals surface area contributed by atoms with Gasteiger partial charge in [0.25, 0.3) is 0 Å². The third-order valence-electron chi connectivity index (χ3n) is 10.6. The van der Waals surface area contributed by atoms with E-state index in [1.54, 1.807) is 23.3 Å². The van der Waals surface area contributed by atoms with E-state index in [4.69, 9.17) is 0 Å². The molecule has 0 spiro atoms. The van der Waals surface area contributed by atoms with Gasteiger partial charge in [0.2, 0.25) is 0 Å². The van der Waals surface area contributed by atoms with Crippen LogP contribution in [0.25, 0.3) is 22.3 Å². The molecule has 220 valence electrons. The maximum atomic E-state index is 2.74. The van der Waals surface area contributed by atoms with E-state index in [2.05, 4.69) is 133 Å². The summed E-state index contributed by atoms with van der Waals surface area (Å²) in [6.07, 6.45) is 6.01. The second-order valence-corrected chi connectivity index (χ2v) is 19.4. The normalized spacial score (nSPS) is 20.2. The Kier molecular flexibility index (Phi) is 8.34. The number of benzene rings is 3. The minimum absolute atomic E-state index is 0. The standard InChI is InChI=1S/C25H25.C8H11.C7H6.2ClH.Zr/c1-14-12-24(3,4)22-8-16-7-17-9-23-19(15(2)13-25(23,5)6)11-21(17)20(16)10-18(14)22;1-6-4-7(2)8(3)5-6;1-7-5-3-2-4-6-7;;;/h8-12H,7H2,1-6H3;4,6H,1-3H3;1-6H;2*1H;/q;;;;;+2/p-2. The van der Waals surface area contributed by atoms with E-state index in [1.807, 2.05) is 0 Å². The number of hydrogen-bond donors (Lipinski definition) is 0. The SMILES string of the molecule is CC1=CC(C)[C]([Zr+2](=[CH]c2ccccc2)[C]2=C(C)c3cc4c(cc3C2(C)C)Cc2cc3c(cc2-4)C(C)=CC3(C)C)=C1C.[Cl-].[Cl-]. The average molecular weight is 685 g/mol. The Hall–Kier alpha value is -2.05. The number of halogens is 2. The third kappa shape index (κ3) is 4.85. The zero-order valence-corrected chi connectivity index (χ0v) is 30.9. The fourth-order valence-electron chi connectivity index (χ4n) is 8.53. The molecule has 0 fully saturated rings. The molecule has 3 aromatic carbocycles. The summed E-state index contributed by atoms with van der Waals surface area (Å²) in [5.41, 5.74) is 19.5. The monoisotopic (exact) mass is 682 g/mol. The molecule has 1 unspecified atom stereocenters. The van der Waals surface area contributed by atoms with E-state index < -0.39 is 21.3 Å². The molecule has 1 atom stereocenters. The maximum Gasteiger partial charge on any atom is -1.00 e. The van der Waals surface area contributed by atoms with Gasteiger partial charge in [-0.2, -0.15) is 0 Å². The zero-order chi connectivity index (χ0) is 29.0. The first-order chi connectivity index (χ1) is 19.4. The summed E-state index contributed by atoms with van der Waals surface area (Å²) in [6.45, 7) is 21.6. The first kappa shape index (κ1) is 32.3. The van der Waals surface area contributed by atoms with Crippen molar-refractivity contribution in [1.29, 1.82) is 0 Å². The van der Waals surface area contributed by atoms with Crippen LogP contribution in [0, 0.1) is 5.92 Å². The summed E-state index contributed by atoms with van der Waals surface area (Å²) in [4.78, 5) is 0. The number of hydrogen-bond acceptors (Lipinski definition) is 0. The van der Waals surface area contributed by atoms with Crippen molar-refractivity contribution in [2.75, 3.05) is 0 Å². The van der Waals surface area contributed by atoms with E-state index in [0.717, 1.165) is 6.42 Å². The van der Waals surface area contributed by atoms with Crippen LogP contribution >= 0.6 is 0 Å². The van der Waals surface area contributed by atoms with Crippen molar-refractivity contribution in [3.05, 3.63) is 123 Å². The summed E-state index contributed by atoms with van der Waals surface area (Å²) in [7, 11) is 0. The Morgan fingerprint density at radius 1 is 0.721 bits per heavy atom. The van der Waals surface area contributed by atoms with Gasteiger partial charge >= 0.3 is 256 Å². The van der Waals surface area contributed by atoms with Crippen LogP contribution in [0.2, 0.25) is 0 Å². The van der Waals surface area contributed by atoms with Crippen LogP contribution in [0.15, 0.2) is 84.5 Å². The van der Waals surface area contributed by atoms with Crippen molar-refractivity contribution in [3.63, 3.8) is 0 Å². The number of allylic oxidation sites excluding steroid dienone is 8. The molecular formula is C40H42Cl2Zr. The zero-order valence-electron chi connectivity index (χ0n) is 27.0. The summed E-state index contributed by atoms with van der Waals surface area (Å²) < 4.78 is 6.27. The molecule has 3 heteroatoms. The second-order valence-electron chi connectivity index (χ2n) is 14.1. The van der Waals surface area contributed by atoms with Gasteiger partial charge in [0, 0.05) is 0 Å². The van der Waals surface area contributed by atoms with Crippen LogP contribution < -0.4 is 24.8 Å². The Bertz CT molecular complexity index is 1840. The minimum Gasteiger partial charge on any atom is -1.00 e. The number of fused-ring (bicyclic) bond motifs is 5. The molecule has 7 rings (SSSR count). The largest absolute Gasteiger partial charge is 1.00 e. The van der Waals surface area contributed by atoms with Crippen molar-refractivity contribution in [2.24, 2.45) is 5.92 Å². The van der Waals surface area contributed by atoms with Crippen LogP contribution in [-0.2, 0) is 38.5 Å². The third-order valence-corrected chi connectivity index (χ3v) is 19.3. The van der Waals surface area contributed by atoms with Crippen LogP contribution in [0.5, 0.6) is 0 Å². The summed E-state index contributed by atoms with van der Waals surface area (Å²) in [5.74, 6) is 0.531. The first-order valence-corrected chi connectivity index (χ1v) is 19.2. The van der Waals surface area contributed by atoms with Crippen LogP contribution in [-0.4, -0.2) is 3.71 Å². The van der Waals surface area contributed by atoms with E-state index in [1.165, 1.54) is 55.7 Å². The van der Waals surface area contributed by atoms with E-state index in [9.17, 15) is 0 Å². The van der Waals surface area contributed by atoms with Gasteiger partial charge in [-0.1, -0.05) is 0 Å². The van der Waals surface area contributed by atoms with Gasteiger partial charge in [-0.15, -0.1) is 0 Å². The van der Waals surface area contributed by atoms with E-state index in [0.29, 0.717) is 5.92 Å². The molecule has 0 bridgehead atoms. The van der Waals surface area contributed by atoms with Gasteiger partial charge in [0.1, 0.15) is 0 Å². The molecule has 0 aliphatic heterocycles. The topological polar surface area (TPSA) is 0 Å². The molecule has 43 heavy (non-hydrogen) atoms. The Labute approximate surface area is 279 Å². The molecule has 0 saturated heterocycles. The predicted molar refractivity (Wildman–Crippen MR) is 174 cm³/mol. The summed E-state index contributed by atoms with van der Waals surface area (Å²) in [6, 6.07) is 21.4. The molecular weight excluding hydrogens is 643 g/mol. The maximum absolute atomic E-state index is 2.74. The van der Waals surface area contributed by atoms with Crippen molar-refractivity contribution in [3.8, 4) is 11.1 Å². The molecule has 0 amide bonds. The van der Waals surface area contributed by atoms with Gasteiger partial charge in [0.15, 0.2) is 0 Å². The first-order valence-electron chi connectivity index (χ1n) is 15.3. The Balaban J connectivity index is 0.00000184. The van der Waals surface area contributed by atoms with E-state index in [-0.39, 0.29) is 35.6 Å². The molecule has 0 heterocycles. The second kappa shape index (κ2) is 11.1. The van der Waals surface area contributed by atoms with Crippen LogP contribution in [0.4, 0.5) is 0 Å². The molecule has 0 nitrogen and oxygen atoms in total. The molecule has 0 radical (unpaired) electrons. The number of rotatable bonds is 3. The van der Waals surface area contributed by atoms with Gasteiger partial charge in [-0.25, -0.2) is 0 Å². The Morgan fingerprint density at radius 2 is 1.33 bits per heavy atom. The van der Waals surface area contributed by atoms with Gasteiger partial charge < -0.3 is 24.8 Å². The quantitative estimate of drug-likeness (QED) is 0.302. The van der Waals surface area contributed by atoms with E-state index >= 15 is 0 Å². The fraction of sp³-hybridized carbons (Fsp3) is 0.325. The molecule has 3 aromatic rings. The molecule has 4 aliphatic rings. The van der Waals surface area contributed by atoms with Gasteiger partial charge in [-0.3, -0.25) is 0 Å². The van der Waals surface area contributed by atoms with Crippen molar-refractivity contribution < 1.29 is 46.1 Å². The molecule has 0 aromatic heterocycles. The van der Waals surface area contributed by atoms with Crippen LogP contribution in [0.3, 0.4) is 0 Å². The fourth-order valence-corrected chi connectivity index (χ4v) is 17.4. The summed E-state index contributed by atoms with van der Waals surface area (Å²) in [5, 5.41) is 0. The average Bonchev–Trinajstić information content (AvgIpc) is 3.53. The predicted octanol–water partition coefficient (Wildman–Crippen LogP) is 4.32. The van der Waals surface area contributed by atoms with Gasteiger partial charge in [-0.05, 0) is 0 Å². The smallest absolute Gasteiger partial charge is 1.00 e. The van der Waals surface area contributed by atoms with Crippen molar-refractivity contribution in [2.45, 2.75) is 79.6 Å². The van der Waals surface area contributed by atoms with Crippen molar-refractivity contribution >= 4 is 14.9 Å². The van der Waals surface area contributed by atoms with Gasteiger partial charge in [0.05, 0.1) is 0 Å². The minimum atomic E-state index is -2.43. The molecule has 4 aliphatic carbocycles.